The second-order valence-corrected chi connectivity index (χ2v) is 6.98. The van der Waals surface area contributed by atoms with E-state index in [1.54, 1.807) is 0 Å². The minimum Gasteiger partial charge on any atom is -0.372 e. The lowest BCUT2D eigenvalue weighted by molar-refractivity contribution is 0.0322. The maximum Gasteiger partial charge on any atom is 0.240 e. The summed E-state index contributed by atoms with van der Waals surface area (Å²) in [6, 6.07) is 12.7. The third-order valence-electron chi connectivity index (χ3n) is 3.67. The van der Waals surface area contributed by atoms with Gasteiger partial charge in [-0.15, -0.1) is 0 Å². The van der Waals surface area contributed by atoms with Crippen molar-refractivity contribution in [3.63, 3.8) is 0 Å². The first kappa shape index (κ1) is 15.1. The Morgan fingerprint density at radius 2 is 1.77 bits per heavy atom. The third kappa shape index (κ3) is 3.35. The molecule has 1 heterocycles. The van der Waals surface area contributed by atoms with E-state index in [2.05, 4.69) is 4.72 Å². The summed E-state index contributed by atoms with van der Waals surface area (Å²) in [5, 5.41) is 0. The number of benzene rings is 2. The molecule has 6 heteroatoms. The molecule has 116 valence electrons. The van der Waals surface area contributed by atoms with Crippen molar-refractivity contribution in [1.29, 1.82) is 0 Å². The highest BCUT2D eigenvalue weighted by Crippen LogP contribution is 2.20. The van der Waals surface area contributed by atoms with Gasteiger partial charge >= 0.3 is 0 Å². The highest BCUT2D eigenvalue weighted by Gasteiger charge is 2.21. The van der Waals surface area contributed by atoms with Gasteiger partial charge in [0.05, 0.1) is 17.6 Å². The van der Waals surface area contributed by atoms with Crippen LogP contribution in [0.5, 0.6) is 0 Å². The van der Waals surface area contributed by atoms with E-state index in [1.165, 1.54) is 17.7 Å². The van der Waals surface area contributed by atoms with Crippen LogP contribution >= 0.6 is 0 Å². The Kier molecular flexibility index (Phi) is 4.24. The van der Waals surface area contributed by atoms with Crippen LogP contribution in [0.15, 0.2) is 53.4 Å². The molecular formula is C16H16FNO3S. The van der Waals surface area contributed by atoms with E-state index >= 15 is 0 Å². The molecule has 0 saturated carbocycles. The minimum absolute atomic E-state index is 0.0464. The van der Waals surface area contributed by atoms with E-state index in [1.807, 2.05) is 24.3 Å². The molecule has 1 atom stereocenters. The Morgan fingerprint density at radius 3 is 2.50 bits per heavy atom. The van der Waals surface area contributed by atoms with Gasteiger partial charge < -0.3 is 4.74 Å². The molecule has 4 nitrogen and oxygen atoms in total. The minimum atomic E-state index is -3.65. The van der Waals surface area contributed by atoms with Gasteiger partial charge in [-0.25, -0.2) is 17.5 Å². The summed E-state index contributed by atoms with van der Waals surface area (Å²) in [7, 11) is -3.65. The lowest BCUT2D eigenvalue weighted by atomic mass is 9.99. The van der Waals surface area contributed by atoms with Crippen LogP contribution in [0.3, 0.4) is 0 Å². The molecule has 0 spiro atoms. The van der Waals surface area contributed by atoms with E-state index in [9.17, 15) is 12.8 Å². The first-order chi connectivity index (χ1) is 10.5. The van der Waals surface area contributed by atoms with Crippen LogP contribution in [-0.2, 0) is 27.8 Å². The Morgan fingerprint density at radius 1 is 1.09 bits per heavy atom. The molecule has 2 aromatic rings. The third-order valence-corrected chi connectivity index (χ3v) is 5.10. The van der Waals surface area contributed by atoms with Crippen molar-refractivity contribution < 1.29 is 17.5 Å². The molecule has 2 aromatic carbocycles. The number of sulfonamides is 1. The zero-order chi connectivity index (χ0) is 15.6. The van der Waals surface area contributed by atoms with Crippen molar-refractivity contribution in [2.75, 3.05) is 6.54 Å². The zero-order valence-corrected chi connectivity index (χ0v) is 12.6. The molecule has 1 aliphatic heterocycles. The summed E-state index contributed by atoms with van der Waals surface area (Å²) in [5.41, 5.74) is 2.32. The number of hydrogen-bond acceptors (Lipinski definition) is 3. The van der Waals surface area contributed by atoms with Crippen molar-refractivity contribution in [2.24, 2.45) is 0 Å². The van der Waals surface area contributed by atoms with Gasteiger partial charge in [0.25, 0.3) is 0 Å². The molecule has 1 N–H and O–H groups in total. The molecule has 0 bridgehead atoms. The van der Waals surface area contributed by atoms with E-state index in [0.717, 1.165) is 17.7 Å². The highest BCUT2D eigenvalue weighted by molar-refractivity contribution is 7.89. The molecule has 0 aromatic heterocycles. The number of hydrogen-bond donors (Lipinski definition) is 1. The molecule has 1 unspecified atom stereocenters. The first-order valence-corrected chi connectivity index (χ1v) is 8.46. The van der Waals surface area contributed by atoms with Crippen molar-refractivity contribution in [1.82, 2.24) is 4.72 Å². The van der Waals surface area contributed by atoms with Crippen LogP contribution in [0.2, 0.25) is 0 Å². The fraction of sp³-hybridized carbons (Fsp3) is 0.250. The van der Waals surface area contributed by atoms with Gasteiger partial charge in [-0.3, -0.25) is 0 Å². The van der Waals surface area contributed by atoms with Crippen molar-refractivity contribution in [2.45, 2.75) is 24.0 Å². The number of halogens is 1. The zero-order valence-electron chi connectivity index (χ0n) is 11.8. The molecule has 0 fully saturated rings. The van der Waals surface area contributed by atoms with E-state index in [4.69, 9.17) is 4.74 Å². The van der Waals surface area contributed by atoms with Gasteiger partial charge in [0.15, 0.2) is 0 Å². The van der Waals surface area contributed by atoms with Crippen LogP contribution in [-0.4, -0.2) is 21.1 Å². The van der Waals surface area contributed by atoms with E-state index in [-0.39, 0.29) is 17.5 Å². The fourth-order valence-electron chi connectivity index (χ4n) is 2.44. The molecule has 0 aliphatic carbocycles. The first-order valence-electron chi connectivity index (χ1n) is 6.98. The predicted molar refractivity (Wildman–Crippen MR) is 80.3 cm³/mol. The molecule has 3 rings (SSSR count). The standard InChI is InChI=1S/C16H16FNO3S/c17-14-5-7-16(8-6-14)22(19,20)18-10-15-9-12-3-1-2-4-13(12)11-21-15/h1-8,15,18H,9-11H2. The quantitative estimate of drug-likeness (QED) is 0.940. The number of ether oxygens (including phenoxy) is 1. The Hall–Kier alpha value is -1.76. The van der Waals surface area contributed by atoms with Crippen LogP contribution in [0.1, 0.15) is 11.1 Å². The van der Waals surface area contributed by atoms with Crippen LogP contribution < -0.4 is 4.72 Å². The van der Waals surface area contributed by atoms with Crippen molar-refractivity contribution in [3.05, 3.63) is 65.5 Å². The lowest BCUT2D eigenvalue weighted by Crippen LogP contribution is -2.36. The van der Waals surface area contributed by atoms with Crippen molar-refractivity contribution in [3.8, 4) is 0 Å². The number of fused-ring (bicyclic) bond motifs is 1. The highest BCUT2D eigenvalue weighted by atomic mass is 32.2. The summed E-state index contributed by atoms with van der Waals surface area (Å²) >= 11 is 0. The molecule has 1 aliphatic rings. The maximum absolute atomic E-state index is 12.9. The summed E-state index contributed by atoms with van der Waals surface area (Å²) in [5.74, 6) is -0.467. The summed E-state index contributed by atoms with van der Waals surface area (Å²) in [6.45, 7) is 0.674. The van der Waals surface area contributed by atoms with Gasteiger partial charge in [0.2, 0.25) is 10.0 Å². The predicted octanol–water partition coefficient (Wildman–Crippen LogP) is 2.25. The molecule has 0 radical (unpaired) electrons. The second kappa shape index (κ2) is 6.16. The van der Waals surface area contributed by atoms with Crippen LogP contribution in [0.25, 0.3) is 0 Å². The molecule has 22 heavy (non-hydrogen) atoms. The largest absolute Gasteiger partial charge is 0.372 e. The SMILES string of the molecule is O=S(=O)(NCC1Cc2ccccc2CO1)c1ccc(F)cc1. The molecule has 0 saturated heterocycles. The van der Waals surface area contributed by atoms with Gasteiger partial charge in [-0.1, -0.05) is 24.3 Å². The summed E-state index contributed by atoms with van der Waals surface area (Å²) < 4.78 is 45.3. The van der Waals surface area contributed by atoms with E-state index < -0.39 is 15.8 Å². The number of rotatable bonds is 4. The maximum atomic E-state index is 12.9. The van der Waals surface area contributed by atoms with Gasteiger partial charge in [0, 0.05) is 13.0 Å². The summed E-state index contributed by atoms with van der Waals surface area (Å²) in [4.78, 5) is 0.0464. The fourth-order valence-corrected chi connectivity index (χ4v) is 3.51. The lowest BCUT2D eigenvalue weighted by Gasteiger charge is -2.25. The molecule has 0 amide bonds. The second-order valence-electron chi connectivity index (χ2n) is 5.21. The van der Waals surface area contributed by atoms with E-state index in [0.29, 0.717) is 13.0 Å². The van der Waals surface area contributed by atoms with Crippen LogP contribution in [0, 0.1) is 5.82 Å². The summed E-state index contributed by atoms with van der Waals surface area (Å²) in [6.07, 6.45) is 0.465. The Labute approximate surface area is 129 Å². The van der Waals surface area contributed by atoms with Gasteiger partial charge in [-0.05, 0) is 35.4 Å². The normalized spacial score (nSPS) is 18.0. The Balaban J connectivity index is 1.64. The average molecular weight is 321 g/mol. The van der Waals surface area contributed by atoms with Crippen molar-refractivity contribution >= 4 is 10.0 Å². The topological polar surface area (TPSA) is 55.4 Å². The average Bonchev–Trinajstić information content (AvgIpc) is 2.53. The number of nitrogens with one attached hydrogen (secondary N) is 1. The smallest absolute Gasteiger partial charge is 0.240 e. The van der Waals surface area contributed by atoms with Gasteiger partial charge in [0.1, 0.15) is 5.82 Å². The monoisotopic (exact) mass is 321 g/mol. The van der Waals surface area contributed by atoms with Gasteiger partial charge in [-0.2, -0.15) is 0 Å². The molecular weight excluding hydrogens is 305 g/mol. The van der Waals surface area contributed by atoms with Crippen LogP contribution in [0.4, 0.5) is 4.39 Å². The Bertz CT molecular complexity index is 759.